The highest BCUT2D eigenvalue weighted by molar-refractivity contribution is 9.09. The molecule has 4 heteroatoms. The van der Waals surface area contributed by atoms with Crippen LogP contribution in [-0.4, -0.2) is 41.8 Å². The van der Waals surface area contributed by atoms with Crippen molar-refractivity contribution in [3.05, 3.63) is 0 Å². The molecule has 0 aromatic carbocycles. The average Bonchev–Trinajstić information content (AvgIpc) is 2.73. The molecular formula is C11H21BrN2O. The second kappa shape index (κ2) is 7.23. The molecule has 1 unspecified atom stereocenters. The molecule has 0 saturated carbocycles. The smallest absolute Gasteiger partial charge is 0.222 e. The Hall–Kier alpha value is -0.0900. The minimum absolute atomic E-state index is 0.326. The van der Waals surface area contributed by atoms with Gasteiger partial charge < -0.3 is 10.2 Å². The maximum absolute atomic E-state index is 11.9. The summed E-state index contributed by atoms with van der Waals surface area (Å²) in [7, 11) is 0. The Morgan fingerprint density at radius 3 is 2.87 bits per heavy atom. The van der Waals surface area contributed by atoms with Crippen molar-refractivity contribution >= 4 is 21.8 Å². The largest absolute Gasteiger partial charge is 0.339 e. The predicted molar refractivity (Wildman–Crippen MR) is 66.3 cm³/mol. The van der Waals surface area contributed by atoms with Crippen molar-refractivity contribution in [3.63, 3.8) is 0 Å². The highest BCUT2D eigenvalue weighted by Crippen LogP contribution is 2.11. The van der Waals surface area contributed by atoms with Gasteiger partial charge in [0.1, 0.15) is 0 Å². The van der Waals surface area contributed by atoms with E-state index in [0.29, 0.717) is 18.4 Å². The molecule has 1 aliphatic heterocycles. The van der Waals surface area contributed by atoms with E-state index in [1.165, 1.54) is 0 Å². The summed E-state index contributed by atoms with van der Waals surface area (Å²) in [5.74, 6) is 0.326. The van der Waals surface area contributed by atoms with Crippen molar-refractivity contribution in [2.24, 2.45) is 0 Å². The maximum Gasteiger partial charge on any atom is 0.222 e. The quantitative estimate of drug-likeness (QED) is 0.592. The van der Waals surface area contributed by atoms with Crippen LogP contribution in [0.1, 0.15) is 32.6 Å². The Morgan fingerprint density at radius 2 is 2.33 bits per heavy atom. The number of hydrogen-bond donors (Lipinski definition) is 1. The second-order valence-corrected chi connectivity index (χ2v) is 4.77. The van der Waals surface area contributed by atoms with Crippen LogP contribution in [0.15, 0.2) is 0 Å². The molecule has 0 bridgehead atoms. The topological polar surface area (TPSA) is 32.3 Å². The van der Waals surface area contributed by atoms with Crippen LogP contribution < -0.4 is 5.32 Å². The van der Waals surface area contributed by atoms with E-state index < -0.39 is 0 Å². The van der Waals surface area contributed by atoms with Gasteiger partial charge in [-0.15, -0.1) is 0 Å². The summed E-state index contributed by atoms with van der Waals surface area (Å²) in [6, 6.07) is 0.437. The number of alkyl halides is 1. The minimum atomic E-state index is 0.326. The number of hydrogen-bond acceptors (Lipinski definition) is 2. The van der Waals surface area contributed by atoms with Gasteiger partial charge >= 0.3 is 0 Å². The monoisotopic (exact) mass is 276 g/mol. The van der Waals surface area contributed by atoms with Gasteiger partial charge in [-0.3, -0.25) is 4.79 Å². The fourth-order valence-corrected chi connectivity index (χ4v) is 2.45. The van der Waals surface area contributed by atoms with Gasteiger partial charge in [-0.25, -0.2) is 0 Å². The molecule has 1 fully saturated rings. The van der Waals surface area contributed by atoms with Crippen molar-refractivity contribution in [3.8, 4) is 0 Å². The van der Waals surface area contributed by atoms with Crippen LogP contribution in [0.4, 0.5) is 0 Å². The molecule has 0 radical (unpaired) electrons. The molecular weight excluding hydrogens is 256 g/mol. The molecule has 1 amide bonds. The van der Waals surface area contributed by atoms with Crippen LogP contribution in [0.5, 0.6) is 0 Å². The molecule has 1 N–H and O–H groups in total. The van der Waals surface area contributed by atoms with Crippen LogP contribution in [0, 0.1) is 0 Å². The number of rotatable bonds is 6. The zero-order chi connectivity index (χ0) is 11.1. The van der Waals surface area contributed by atoms with Gasteiger partial charge in [0.2, 0.25) is 5.91 Å². The van der Waals surface area contributed by atoms with Crippen molar-refractivity contribution in [1.82, 2.24) is 10.2 Å². The van der Waals surface area contributed by atoms with Crippen LogP contribution >= 0.6 is 15.9 Å². The lowest BCUT2D eigenvalue weighted by atomic mass is 10.1. The van der Waals surface area contributed by atoms with Crippen LogP contribution in [0.25, 0.3) is 0 Å². The molecule has 3 nitrogen and oxygen atoms in total. The number of unbranched alkanes of at least 4 members (excludes halogenated alkanes) is 1. The van der Waals surface area contributed by atoms with E-state index in [2.05, 4.69) is 28.2 Å². The van der Waals surface area contributed by atoms with E-state index in [1.54, 1.807) is 0 Å². The number of halogens is 1. The Labute approximate surface area is 101 Å². The first kappa shape index (κ1) is 13.0. The highest BCUT2D eigenvalue weighted by atomic mass is 79.9. The van der Waals surface area contributed by atoms with Gasteiger partial charge in [-0.2, -0.15) is 0 Å². The van der Waals surface area contributed by atoms with Crippen LogP contribution in [0.3, 0.4) is 0 Å². The number of carbonyl (C=O) groups excluding carboxylic acids is 1. The number of carbonyl (C=O) groups is 1. The first-order valence-electron chi connectivity index (χ1n) is 5.85. The van der Waals surface area contributed by atoms with Crippen molar-refractivity contribution in [1.29, 1.82) is 0 Å². The third-order valence-electron chi connectivity index (χ3n) is 2.91. The summed E-state index contributed by atoms with van der Waals surface area (Å²) >= 11 is 3.38. The summed E-state index contributed by atoms with van der Waals surface area (Å²) in [6.07, 6.45) is 3.90. The van der Waals surface area contributed by atoms with Gasteiger partial charge in [-0.05, 0) is 32.7 Å². The third kappa shape index (κ3) is 4.11. The van der Waals surface area contributed by atoms with Gasteiger partial charge in [0.15, 0.2) is 0 Å². The first-order valence-corrected chi connectivity index (χ1v) is 6.98. The Morgan fingerprint density at radius 1 is 1.53 bits per heavy atom. The molecule has 1 rings (SSSR count). The standard InChI is InChI=1S/C11H21BrN2O/c1-2-14(10-6-8-13-9-10)11(15)5-3-4-7-12/h10,13H,2-9H2,1H3. The highest BCUT2D eigenvalue weighted by Gasteiger charge is 2.24. The summed E-state index contributed by atoms with van der Waals surface area (Å²) in [5.41, 5.74) is 0. The van der Waals surface area contributed by atoms with E-state index in [4.69, 9.17) is 0 Å². The van der Waals surface area contributed by atoms with Gasteiger partial charge in [0, 0.05) is 30.9 Å². The van der Waals surface area contributed by atoms with Crippen molar-refractivity contribution in [2.75, 3.05) is 25.0 Å². The van der Waals surface area contributed by atoms with Gasteiger partial charge in [-0.1, -0.05) is 15.9 Å². The molecule has 0 aromatic heterocycles. The molecule has 1 saturated heterocycles. The molecule has 0 aliphatic carbocycles. The second-order valence-electron chi connectivity index (χ2n) is 3.97. The fraction of sp³-hybridized carbons (Fsp3) is 0.909. The van der Waals surface area contributed by atoms with Gasteiger partial charge in [0.05, 0.1) is 0 Å². The number of amides is 1. The number of nitrogens with one attached hydrogen (secondary N) is 1. The molecule has 88 valence electrons. The normalized spacial score (nSPS) is 20.5. The average molecular weight is 277 g/mol. The van der Waals surface area contributed by atoms with Crippen molar-refractivity contribution < 1.29 is 4.79 Å². The Balaban J connectivity index is 2.32. The van der Waals surface area contributed by atoms with E-state index in [0.717, 1.165) is 44.2 Å². The van der Waals surface area contributed by atoms with Crippen LogP contribution in [0.2, 0.25) is 0 Å². The van der Waals surface area contributed by atoms with Gasteiger partial charge in [0.25, 0.3) is 0 Å². The number of nitrogens with zero attached hydrogens (tertiary/aromatic N) is 1. The minimum Gasteiger partial charge on any atom is -0.339 e. The van der Waals surface area contributed by atoms with E-state index in [9.17, 15) is 4.79 Å². The fourth-order valence-electron chi connectivity index (χ4n) is 2.06. The summed E-state index contributed by atoms with van der Waals surface area (Å²) in [4.78, 5) is 14.0. The van der Waals surface area contributed by atoms with E-state index >= 15 is 0 Å². The third-order valence-corrected chi connectivity index (χ3v) is 3.47. The SMILES string of the molecule is CCN(C(=O)CCCCBr)C1CCNC1. The molecule has 1 aliphatic rings. The zero-order valence-corrected chi connectivity index (χ0v) is 11.1. The maximum atomic E-state index is 11.9. The van der Waals surface area contributed by atoms with Crippen LogP contribution in [-0.2, 0) is 4.79 Å². The Bertz CT molecular complexity index is 193. The molecule has 1 heterocycles. The lowest BCUT2D eigenvalue weighted by molar-refractivity contribution is -0.133. The summed E-state index contributed by atoms with van der Waals surface area (Å²) in [5, 5.41) is 4.31. The summed E-state index contributed by atoms with van der Waals surface area (Å²) < 4.78 is 0. The lowest BCUT2D eigenvalue weighted by Gasteiger charge is -2.27. The lowest BCUT2D eigenvalue weighted by Crippen LogP contribution is -2.41. The molecule has 0 spiro atoms. The molecule has 1 atom stereocenters. The summed E-state index contributed by atoms with van der Waals surface area (Å²) in [6.45, 7) is 4.94. The number of likely N-dealkylation sites (N-methyl/N-ethyl adjacent to an activating group) is 1. The van der Waals surface area contributed by atoms with E-state index in [-0.39, 0.29) is 0 Å². The van der Waals surface area contributed by atoms with E-state index in [1.807, 2.05) is 4.90 Å². The molecule has 0 aromatic rings. The molecule has 15 heavy (non-hydrogen) atoms. The Kier molecular flexibility index (Phi) is 6.25. The zero-order valence-electron chi connectivity index (χ0n) is 9.47. The first-order chi connectivity index (χ1) is 7.29. The van der Waals surface area contributed by atoms with Crippen molar-refractivity contribution in [2.45, 2.75) is 38.6 Å². The predicted octanol–water partition coefficient (Wildman–Crippen LogP) is 1.76.